The molecular formula is C17H24N6O2. The van der Waals surface area contributed by atoms with Gasteiger partial charge in [0.2, 0.25) is 0 Å². The number of carboxylic acid groups (broad SMARTS) is 1. The van der Waals surface area contributed by atoms with Crippen molar-refractivity contribution in [2.24, 2.45) is 5.92 Å². The summed E-state index contributed by atoms with van der Waals surface area (Å²) in [6, 6.07) is 4.10. The summed E-state index contributed by atoms with van der Waals surface area (Å²) in [5, 5.41) is 26.9. The lowest BCUT2D eigenvalue weighted by Gasteiger charge is -2.21. The van der Waals surface area contributed by atoms with Gasteiger partial charge in [-0.1, -0.05) is 19.4 Å². The number of nitrogens with one attached hydrogen (secondary N) is 2. The van der Waals surface area contributed by atoms with Gasteiger partial charge in [-0.3, -0.25) is 9.78 Å². The lowest BCUT2D eigenvalue weighted by atomic mass is 9.83. The third-order valence-corrected chi connectivity index (χ3v) is 4.90. The Labute approximate surface area is 146 Å². The zero-order valence-electron chi connectivity index (χ0n) is 14.4. The molecule has 0 bridgehead atoms. The summed E-state index contributed by atoms with van der Waals surface area (Å²) in [5.74, 6) is -0.656. The number of hydrogen-bond donors (Lipinski definition) is 3. The third kappa shape index (κ3) is 4.19. The second kappa shape index (κ2) is 8.15. The second-order valence-electron chi connectivity index (χ2n) is 6.61. The fourth-order valence-electron chi connectivity index (χ4n) is 3.52. The van der Waals surface area contributed by atoms with Crippen LogP contribution in [0.5, 0.6) is 0 Å². The smallest absolute Gasteiger partial charge is 0.307 e. The highest BCUT2D eigenvalue weighted by molar-refractivity contribution is 5.71. The molecule has 1 fully saturated rings. The van der Waals surface area contributed by atoms with Crippen molar-refractivity contribution < 1.29 is 9.90 Å². The molecule has 0 amide bonds. The van der Waals surface area contributed by atoms with Crippen LogP contribution in [0.2, 0.25) is 0 Å². The zero-order chi connectivity index (χ0) is 17.6. The maximum Gasteiger partial charge on any atom is 0.307 e. The van der Waals surface area contributed by atoms with Gasteiger partial charge in [-0.15, -0.1) is 5.10 Å². The fourth-order valence-corrected chi connectivity index (χ4v) is 3.52. The van der Waals surface area contributed by atoms with Crippen LogP contribution >= 0.6 is 0 Å². The SMILES string of the molecule is CCC[C@H](C(=O)O)[C@H](Cc1ccc(C2CCNC2)nc1)c1nnn[nH]1. The Bertz CT molecular complexity index is 667. The van der Waals surface area contributed by atoms with Gasteiger partial charge < -0.3 is 10.4 Å². The van der Waals surface area contributed by atoms with Crippen LogP contribution in [-0.2, 0) is 11.2 Å². The van der Waals surface area contributed by atoms with Crippen LogP contribution in [0.3, 0.4) is 0 Å². The minimum atomic E-state index is -0.815. The Hall–Kier alpha value is -2.35. The van der Waals surface area contributed by atoms with E-state index in [1.165, 1.54) is 0 Å². The van der Waals surface area contributed by atoms with Gasteiger partial charge in [-0.2, -0.15) is 0 Å². The molecule has 0 spiro atoms. The van der Waals surface area contributed by atoms with Crippen LogP contribution in [0.25, 0.3) is 0 Å². The lowest BCUT2D eigenvalue weighted by Crippen LogP contribution is -2.25. The predicted molar refractivity (Wildman–Crippen MR) is 91.1 cm³/mol. The van der Waals surface area contributed by atoms with E-state index in [4.69, 9.17) is 0 Å². The van der Waals surface area contributed by atoms with E-state index >= 15 is 0 Å². The van der Waals surface area contributed by atoms with E-state index in [9.17, 15) is 9.90 Å². The Kier molecular flexibility index (Phi) is 5.70. The molecule has 0 aromatic carbocycles. The summed E-state index contributed by atoms with van der Waals surface area (Å²) in [5.41, 5.74) is 2.09. The van der Waals surface area contributed by atoms with Gasteiger partial charge in [0, 0.05) is 30.3 Å². The number of hydrogen-bond acceptors (Lipinski definition) is 6. The topological polar surface area (TPSA) is 117 Å². The van der Waals surface area contributed by atoms with E-state index in [0.29, 0.717) is 24.6 Å². The van der Waals surface area contributed by atoms with Gasteiger partial charge >= 0.3 is 5.97 Å². The molecule has 8 heteroatoms. The van der Waals surface area contributed by atoms with Crippen LogP contribution in [0, 0.1) is 5.92 Å². The molecule has 0 radical (unpaired) electrons. The number of aromatic amines is 1. The monoisotopic (exact) mass is 344 g/mol. The average Bonchev–Trinajstić information content (AvgIpc) is 3.31. The molecule has 1 saturated heterocycles. The van der Waals surface area contributed by atoms with Crippen molar-refractivity contribution in [2.75, 3.05) is 13.1 Å². The normalized spacial score (nSPS) is 19.6. The summed E-state index contributed by atoms with van der Waals surface area (Å²) in [7, 11) is 0. The second-order valence-corrected chi connectivity index (χ2v) is 6.61. The van der Waals surface area contributed by atoms with E-state index < -0.39 is 11.9 Å². The highest BCUT2D eigenvalue weighted by Crippen LogP contribution is 2.30. The van der Waals surface area contributed by atoms with Crippen LogP contribution in [-0.4, -0.2) is 49.8 Å². The summed E-state index contributed by atoms with van der Waals surface area (Å²) in [6.45, 7) is 3.99. The van der Waals surface area contributed by atoms with E-state index in [1.807, 2.05) is 19.2 Å². The van der Waals surface area contributed by atoms with Crippen LogP contribution in [0.1, 0.15) is 55.1 Å². The molecule has 3 rings (SSSR count). The van der Waals surface area contributed by atoms with E-state index in [0.717, 1.165) is 37.2 Å². The Morgan fingerprint density at radius 2 is 2.32 bits per heavy atom. The minimum absolute atomic E-state index is 0.298. The number of nitrogens with zero attached hydrogens (tertiary/aromatic N) is 4. The molecular weight excluding hydrogens is 320 g/mol. The Balaban J connectivity index is 1.78. The van der Waals surface area contributed by atoms with Crippen molar-refractivity contribution in [3.05, 3.63) is 35.4 Å². The number of aliphatic carboxylic acids is 1. The molecule has 3 heterocycles. The fraction of sp³-hybridized carbons (Fsp3) is 0.588. The highest BCUT2D eigenvalue weighted by Gasteiger charge is 2.31. The minimum Gasteiger partial charge on any atom is -0.481 e. The molecule has 0 saturated carbocycles. The molecule has 3 N–H and O–H groups in total. The first-order valence-electron chi connectivity index (χ1n) is 8.81. The third-order valence-electron chi connectivity index (χ3n) is 4.90. The van der Waals surface area contributed by atoms with Crippen molar-refractivity contribution in [3.8, 4) is 0 Å². The zero-order valence-corrected chi connectivity index (χ0v) is 14.4. The van der Waals surface area contributed by atoms with Gasteiger partial charge in [-0.05, 0) is 47.9 Å². The molecule has 25 heavy (non-hydrogen) atoms. The molecule has 2 aromatic heterocycles. The van der Waals surface area contributed by atoms with Crippen LogP contribution in [0.4, 0.5) is 0 Å². The maximum absolute atomic E-state index is 11.7. The molecule has 0 aliphatic carbocycles. The average molecular weight is 344 g/mol. The standard InChI is InChI=1S/C17H24N6O2/c1-2-3-13(17(24)25)14(16-20-22-23-21-16)8-11-4-5-15(19-9-11)12-6-7-18-10-12/h4-5,9,12-14,18H,2-3,6-8,10H2,1H3,(H,24,25)(H,20,21,22,23)/t12?,13-,14-/m0/s1. The number of aromatic nitrogens is 5. The largest absolute Gasteiger partial charge is 0.481 e. The van der Waals surface area contributed by atoms with Gasteiger partial charge in [0.05, 0.1) is 5.92 Å². The molecule has 8 nitrogen and oxygen atoms in total. The first-order valence-corrected chi connectivity index (χ1v) is 8.81. The number of carbonyl (C=O) groups is 1. The maximum atomic E-state index is 11.7. The van der Waals surface area contributed by atoms with Gasteiger partial charge in [-0.25, -0.2) is 5.10 Å². The van der Waals surface area contributed by atoms with E-state index in [-0.39, 0.29) is 5.92 Å². The molecule has 134 valence electrons. The van der Waals surface area contributed by atoms with Crippen LogP contribution in [0.15, 0.2) is 18.3 Å². The van der Waals surface area contributed by atoms with E-state index in [1.54, 1.807) is 0 Å². The number of tetrazole rings is 1. The van der Waals surface area contributed by atoms with Crippen molar-refractivity contribution in [1.82, 2.24) is 30.9 Å². The lowest BCUT2D eigenvalue weighted by molar-refractivity contribution is -0.142. The highest BCUT2D eigenvalue weighted by atomic mass is 16.4. The number of H-pyrrole nitrogens is 1. The first-order chi connectivity index (χ1) is 12.2. The Morgan fingerprint density at radius 1 is 1.44 bits per heavy atom. The van der Waals surface area contributed by atoms with Crippen LogP contribution < -0.4 is 5.32 Å². The predicted octanol–water partition coefficient (Wildman–Crippen LogP) is 1.50. The van der Waals surface area contributed by atoms with Gasteiger partial charge in [0.1, 0.15) is 0 Å². The molecule has 3 atom stereocenters. The van der Waals surface area contributed by atoms with E-state index in [2.05, 4.69) is 37.0 Å². The van der Waals surface area contributed by atoms with Crippen molar-refractivity contribution in [2.45, 2.75) is 44.4 Å². The number of pyridine rings is 1. The van der Waals surface area contributed by atoms with Gasteiger partial charge in [0.15, 0.2) is 5.82 Å². The molecule has 1 aliphatic rings. The Morgan fingerprint density at radius 3 is 2.88 bits per heavy atom. The summed E-state index contributed by atoms with van der Waals surface area (Å²) < 4.78 is 0. The quantitative estimate of drug-likeness (QED) is 0.664. The first kappa shape index (κ1) is 17.5. The summed E-state index contributed by atoms with van der Waals surface area (Å²) in [6.07, 6.45) is 4.89. The van der Waals surface area contributed by atoms with Crippen molar-refractivity contribution >= 4 is 5.97 Å². The molecule has 2 aromatic rings. The summed E-state index contributed by atoms with van der Waals surface area (Å²) >= 11 is 0. The summed E-state index contributed by atoms with van der Waals surface area (Å²) in [4.78, 5) is 16.3. The molecule has 1 aliphatic heterocycles. The number of carboxylic acids is 1. The van der Waals surface area contributed by atoms with Crippen molar-refractivity contribution in [1.29, 1.82) is 0 Å². The molecule has 1 unspecified atom stereocenters. The van der Waals surface area contributed by atoms with Crippen molar-refractivity contribution in [3.63, 3.8) is 0 Å². The van der Waals surface area contributed by atoms with Gasteiger partial charge in [0.25, 0.3) is 0 Å². The number of rotatable bonds is 8.